The fourth-order valence-corrected chi connectivity index (χ4v) is 3.45. The van der Waals surface area contributed by atoms with Gasteiger partial charge in [0.25, 0.3) is 0 Å². The number of nitrogens with one attached hydrogen (secondary N) is 1. The van der Waals surface area contributed by atoms with Crippen molar-refractivity contribution in [2.45, 2.75) is 52.1 Å². The molecule has 2 nitrogen and oxygen atoms in total. The van der Waals surface area contributed by atoms with Gasteiger partial charge in [0.15, 0.2) is 0 Å². The Kier molecular flexibility index (Phi) is 3.91. The average Bonchev–Trinajstić information content (AvgIpc) is 2.14. The first-order chi connectivity index (χ1) is 7.59. The molecule has 16 heavy (non-hydrogen) atoms. The molecule has 0 aromatic carbocycles. The van der Waals surface area contributed by atoms with Crippen molar-refractivity contribution in [2.75, 3.05) is 20.1 Å². The molecule has 2 fully saturated rings. The lowest BCUT2D eigenvalue weighted by molar-refractivity contribution is 0.0319. The Hall–Kier alpha value is -0.0800. The summed E-state index contributed by atoms with van der Waals surface area (Å²) in [6.45, 7) is 9.63. The van der Waals surface area contributed by atoms with Crippen LogP contribution in [0, 0.1) is 17.8 Å². The summed E-state index contributed by atoms with van der Waals surface area (Å²) in [6.07, 6.45) is 4.29. The maximum absolute atomic E-state index is 3.39. The van der Waals surface area contributed by atoms with Crippen molar-refractivity contribution >= 4 is 0 Å². The van der Waals surface area contributed by atoms with Crippen LogP contribution in [-0.2, 0) is 0 Å². The van der Waals surface area contributed by atoms with Crippen molar-refractivity contribution in [3.63, 3.8) is 0 Å². The first kappa shape index (κ1) is 12.4. The van der Waals surface area contributed by atoms with Crippen LogP contribution in [0.2, 0.25) is 0 Å². The third-order valence-electron chi connectivity index (χ3n) is 4.85. The molecule has 1 aliphatic heterocycles. The lowest BCUT2D eigenvalue weighted by atomic mass is 9.73. The highest BCUT2D eigenvalue weighted by molar-refractivity contribution is 4.92. The van der Waals surface area contributed by atoms with E-state index in [4.69, 9.17) is 0 Å². The Labute approximate surface area is 101 Å². The molecule has 1 aliphatic carbocycles. The Morgan fingerprint density at radius 3 is 2.38 bits per heavy atom. The molecule has 1 heterocycles. The molecule has 0 amide bonds. The summed E-state index contributed by atoms with van der Waals surface area (Å²) in [7, 11) is 2.35. The Bertz CT molecular complexity index is 223. The van der Waals surface area contributed by atoms with Gasteiger partial charge in [0, 0.05) is 25.2 Å². The molecule has 3 atom stereocenters. The molecule has 2 aliphatic rings. The largest absolute Gasteiger partial charge is 0.314 e. The van der Waals surface area contributed by atoms with Gasteiger partial charge in [-0.1, -0.05) is 27.2 Å². The fraction of sp³-hybridized carbons (Fsp3) is 1.00. The van der Waals surface area contributed by atoms with Gasteiger partial charge in [0.05, 0.1) is 0 Å². The van der Waals surface area contributed by atoms with E-state index >= 15 is 0 Å². The van der Waals surface area contributed by atoms with Crippen LogP contribution in [0.15, 0.2) is 0 Å². The molecular formula is C14H28N2. The van der Waals surface area contributed by atoms with Gasteiger partial charge in [0.1, 0.15) is 0 Å². The van der Waals surface area contributed by atoms with Crippen LogP contribution < -0.4 is 5.32 Å². The second kappa shape index (κ2) is 5.05. The van der Waals surface area contributed by atoms with E-state index in [0.717, 1.165) is 29.8 Å². The van der Waals surface area contributed by atoms with Gasteiger partial charge in [-0.05, 0) is 37.6 Å². The quantitative estimate of drug-likeness (QED) is 0.791. The van der Waals surface area contributed by atoms with Gasteiger partial charge in [-0.15, -0.1) is 0 Å². The van der Waals surface area contributed by atoms with E-state index in [2.05, 4.69) is 38.0 Å². The summed E-state index contributed by atoms with van der Waals surface area (Å²) >= 11 is 0. The van der Waals surface area contributed by atoms with Crippen LogP contribution in [0.1, 0.15) is 40.0 Å². The zero-order valence-electron chi connectivity index (χ0n) is 11.4. The van der Waals surface area contributed by atoms with Crippen LogP contribution >= 0.6 is 0 Å². The van der Waals surface area contributed by atoms with Crippen molar-refractivity contribution in [2.24, 2.45) is 17.8 Å². The lowest BCUT2D eigenvalue weighted by Gasteiger charge is -2.48. The minimum absolute atomic E-state index is 0.802. The van der Waals surface area contributed by atoms with Gasteiger partial charge in [-0.2, -0.15) is 0 Å². The molecule has 0 spiro atoms. The molecular weight excluding hydrogens is 196 g/mol. The number of rotatable bonds is 3. The third kappa shape index (κ3) is 2.43. The highest BCUT2D eigenvalue weighted by atomic mass is 15.2. The third-order valence-corrected chi connectivity index (χ3v) is 4.85. The monoisotopic (exact) mass is 224 g/mol. The summed E-state index contributed by atoms with van der Waals surface area (Å²) in [6, 6.07) is 1.63. The van der Waals surface area contributed by atoms with Crippen LogP contribution in [0.5, 0.6) is 0 Å². The second-order valence-corrected chi connectivity index (χ2v) is 6.37. The highest BCUT2D eigenvalue weighted by Crippen LogP contribution is 2.36. The predicted molar refractivity (Wildman–Crippen MR) is 69.6 cm³/mol. The maximum Gasteiger partial charge on any atom is 0.0345 e. The number of nitrogens with zero attached hydrogens (tertiary/aromatic N) is 1. The summed E-state index contributed by atoms with van der Waals surface area (Å²) in [5, 5.41) is 3.39. The molecule has 3 unspecified atom stereocenters. The van der Waals surface area contributed by atoms with Crippen LogP contribution in [0.25, 0.3) is 0 Å². The van der Waals surface area contributed by atoms with Gasteiger partial charge < -0.3 is 5.32 Å². The van der Waals surface area contributed by atoms with E-state index in [1.54, 1.807) is 0 Å². The van der Waals surface area contributed by atoms with Gasteiger partial charge in [0.2, 0.25) is 0 Å². The Morgan fingerprint density at radius 1 is 1.19 bits per heavy atom. The van der Waals surface area contributed by atoms with Gasteiger partial charge in [-0.3, -0.25) is 4.90 Å². The predicted octanol–water partition coefficient (Wildman–Crippen LogP) is 2.35. The van der Waals surface area contributed by atoms with E-state index in [-0.39, 0.29) is 0 Å². The van der Waals surface area contributed by atoms with Crippen molar-refractivity contribution in [1.82, 2.24) is 10.2 Å². The van der Waals surface area contributed by atoms with Crippen LogP contribution in [-0.4, -0.2) is 37.1 Å². The van der Waals surface area contributed by atoms with Crippen molar-refractivity contribution in [3.05, 3.63) is 0 Å². The van der Waals surface area contributed by atoms with Crippen molar-refractivity contribution in [1.29, 1.82) is 0 Å². The zero-order chi connectivity index (χ0) is 11.7. The van der Waals surface area contributed by atoms with E-state index in [9.17, 15) is 0 Å². The first-order valence-electron chi connectivity index (χ1n) is 7.02. The van der Waals surface area contributed by atoms with Crippen LogP contribution in [0.3, 0.4) is 0 Å². The average molecular weight is 224 g/mol. The van der Waals surface area contributed by atoms with Crippen LogP contribution in [0.4, 0.5) is 0 Å². The Morgan fingerprint density at radius 2 is 1.88 bits per heavy atom. The van der Waals surface area contributed by atoms with Gasteiger partial charge >= 0.3 is 0 Å². The number of hydrogen-bond acceptors (Lipinski definition) is 2. The summed E-state index contributed by atoms with van der Waals surface area (Å²) in [5.41, 5.74) is 0. The normalized spacial score (nSPS) is 36.8. The fourth-order valence-electron chi connectivity index (χ4n) is 3.45. The maximum atomic E-state index is 3.39. The molecule has 2 heteroatoms. The molecule has 1 saturated heterocycles. The molecule has 1 saturated carbocycles. The second-order valence-electron chi connectivity index (χ2n) is 6.37. The highest BCUT2D eigenvalue weighted by Gasteiger charge is 2.36. The van der Waals surface area contributed by atoms with E-state index < -0.39 is 0 Å². The lowest BCUT2D eigenvalue weighted by Crippen LogP contribution is -2.60. The summed E-state index contributed by atoms with van der Waals surface area (Å²) in [5.74, 6) is 2.69. The molecule has 0 aromatic heterocycles. The molecule has 0 aromatic rings. The zero-order valence-corrected chi connectivity index (χ0v) is 11.4. The van der Waals surface area contributed by atoms with E-state index in [0.29, 0.717) is 0 Å². The number of hydrogen-bond donors (Lipinski definition) is 1. The number of likely N-dealkylation sites (N-methyl/N-ethyl adjacent to an activating group) is 1. The molecule has 1 N–H and O–H groups in total. The summed E-state index contributed by atoms with van der Waals surface area (Å²) in [4.78, 5) is 2.68. The minimum atomic E-state index is 0.802. The topological polar surface area (TPSA) is 15.3 Å². The van der Waals surface area contributed by atoms with Gasteiger partial charge in [-0.25, -0.2) is 0 Å². The smallest absolute Gasteiger partial charge is 0.0345 e. The minimum Gasteiger partial charge on any atom is -0.314 e. The molecule has 0 bridgehead atoms. The summed E-state index contributed by atoms with van der Waals surface area (Å²) < 4.78 is 0. The molecule has 2 rings (SSSR count). The van der Waals surface area contributed by atoms with E-state index in [1.807, 2.05) is 0 Å². The standard InChI is InChI=1S/C14H28N2/c1-10(2)13-6-5-11(3)7-14(13)16(4)12-8-15-9-12/h10-15H,5-9H2,1-4H3. The van der Waals surface area contributed by atoms with Crippen molar-refractivity contribution in [3.8, 4) is 0 Å². The SMILES string of the molecule is CC1CCC(C(C)C)C(N(C)C2CNC2)C1. The first-order valence-corrected chi connectivity index (χ1v) is 7.02. The van der Waals surface area contributed by atoms with E-state index in [1.165, 1.54) is 32.4 Å². The molecule has 94 valence electrons. The van der Waals surface area contributed by atoms with Crippen molar-refractivity contribution < 1.29 is 0 Å². The Balaban J connectivity index is 2.00. The molecule has 0 radical (unpaired) electrons.